The van der Waals surface area contributed by atoms with Gasteiger partial charge >= 0.3 is 0 Å². The van der Waals surface area contributed by atoms with Gasteiger partial charge in [0, 0.05) is 13.0 Å². The highest BCUT2D eigenvalue weighted by Gasteiger charge is 2.29. The predicted octanol–water partition coefficient (Wildman–Crippen LogP) is 1.36. The van der Waals surface area contributed by atoms with Gasteiger partial charge in [0.1, 0.15) is 11.4 Å². The van der Waals surface area contributed by atoms with Crippen molar-refractivity contribution < 1.29 is 9.53 Å². The van der Waals surface area contributed by atoms with E-state index in [-0.39, 0.29) is 17.6 Å². The van der Waals surface area contributed by atoms with Gasteiger partial charge in [-0.15, -0.1) is 0 Å². The van der Waals surface area contributed by atoms with E-state index in [1.807, 2.05) is 12.1 Å². The van der Waals surface area contributed by atoms with E-state index in [1.165, 1.54) is 5.56 Å². The zero-order valence-electron chi connectivity index (χ0n) is 11.1. The molecule has 4 nitrogen and oxygen atoms in total. The third-order valence-electron chi connectivity index (χ3n) is 3.17. The number of carbonyl (C=O) groups excluding carboxylic acids is 1. The summed E-state index contributed by atoms with van der Waals surface area (Å²) in [6, 6.07) is 5.83. The van der Waals surface area contributed by atoms with E-state index >= 15 is 0 Å². The lowest BCUT2D eigenvalue weighted by Crippen LogP contribution is -2.38. The van der Waals surface area contributed by atoms with Crippen LogP contribution in [0.3, 0.4) is 0 Å². The molecule has 1 aromatic rings. The number of nitrogens with one attached hydrogen (secondary N) is 1. The number of benzene rings is 1. The van der Waals surface area contributed by atoms with Crippen molar-refractivity contribution in [2.75, 3.05) is 0 Å². The first-order chi connectivity index (χ1) is 8.37. The molecule has 1 aliphatic heterocycles. The second kappa shape index (κ2) is 4.61. The van der Waals surface area contributed by atoms with Gasteiger partial charge in [-0.3, -0.25) is 4.79 Å². The van der Waals surface area contributed by atoms with Crippen LogP contribution in [0.4, 0.5) is 0 Å². The minimum atomic E-state index is -0.333. The summed E-state index contributed by atoms with van der Waals surface area (Å²) in [5, 5.41) is 3.09. The highest BCUT2D eigenvalue weighted by Crippen LogP contribution is 2.35. The summed E-state index contributed by atoms with van der Waals surface area (Å²) >= 11 is 0. The lowest BCUT2D eigenvalue weighted by molar-refractivity contribution is -0.119. The number of ether oxygens (including phenoxy) is 1. The molecule has 1 aliphatic rings. The van der Waals surface area contributed by atoms with Crippen LogP contribution in [-0.2, 0) is 17.8 Å². The lowest BCUT2D eigenvalue weighted by atomic mass is 10.0. The van der Waals surface area contributed by atoms with Crippen LogP contribution in [0.1, 0.15) is 31.9 Å². The van der Waals surface area contributed by atoms with Crippen molar-refractivity contribution in [1.82, 2.24) is 5.32 Å². The van der Waals surface area contributed by atoms with Crippen LogP contribution < -0.4 is 15.8 Å². The summed E-state index contributed by atoms with van der Waals surface area (Å²) in [7, 11) is 0. The third kappa shape index (κ3) is 2.82. The molecule has 18 heavy (non-hydrogen) atoms. The summed E-state index contributed by atoms with van der Waals surface area (Å²) in [6.45, 7) is 6.57. The molecule has 0 fully saturated rings. The summed E-state index contributed by atoms with van der Waals surface area (Å²) in [5.41, 5.74) is 7.46. The molecule has 0 radical (unpaired) electrons. The number of fused-ring (bicyclic) bond motifs is 1. The molecule has 4 heteroatoms. The second-order valence-electron chi connectivity index (χ2n) is 5.49. The van der Waals surface area contributed by atoms with E-state index in [0.717, 1.165) is 17.7 Å². The molecule has 0 saturated heterocycles. The van der Waals surface area contributed by atoms with E-state index < -0.39 is 0 Å². The number of primary amides is 1. The molecule has 2 rings (SSSR count). The van der Waals surface area contributed by atoms with Crippen molar-refractivity contribution in [3.05, 3.63) is 29.3 Å². The Labute approximate surface area is 108 Å². The minimum absolute atomic E-state index is 0.116. The van der Waals surface area contributed by atoms with Crippen molar-refractivity contribution in [3.63, 3.8) is 0 Å². The van der Waals surface area contributed by atoms with Crippen LogP contribution in [0, 0.1) is 0 Å². The zero-order valence-corrected chi connectivity index (χ0v) is 11.1. The quantitative estimate of drug-likeness (QED) is 0.845. The maximum absolute atomic E-state index is 10.9. The summed E-state index contributed by atoms with van der Waals surface area (Å²) in [5.74, 6) is 0.632. The molecule has 1 atom stereocenters. The SMILES string of the molecule is CC(NCc1ccc2c(c1)CC(C)(C)O2)C(N)=O. The number of rotatable bonds is 4. The van der Waals surface area contributed by atoms with Gasteiger partial charge < -0.3 is 15.8 Å². The first kappa shape index (κ1) is 12.9. The standard InChI is InChI=1S/C14H20N2O2/c1-9(13(15)17)16-8-10-4-5-12-11(6-10)7-14(2,3)18-12/h4-6,9,16H,7-8H2,1-3H3,(H2,15,17). The summed E-state index contributed by atoms with van der Waals surface area (Å²) in [6.07, 6.45) is 0.918. The van der Waals surface area contributed by atoms with Crippen LogP contribution in [-0.4, -0.2) is 17.6 Å². The average molecular weight is 248 g/mol. The lowest BCUT2D eigenvalue weighted by Gasteiger charge is -2.16. The Kier molecular flexibility index (Phi) is 3.30. The summed E-state index contributed by atoms with van der Waals surface area (Å²) in [4.78, 5) is 10.9. The second-order valence-corrected chi connectivity index (χ2v) is 5.49. The molecule has 0 saturated carbocycles. The van der Waals surface area contributed by atoms with Crippen LogP contribution in [0.5, 0.6) is 5.75 Å². The molecule has 0 aromatic heterocycles. The van der Waals surface area contributed by atoms with Crippen LogP contribution in [0.2, 0.25) is 0 Å². The normalized spacial score (nSPS) is 17.9. The molecule has 1 amide bonds. The molecule has 0 bridgehead atoms. The topological polar surface area (TPSA) is 64.3 Å². The molecular weight excluding hydrogens is 228 g/mol. The van der Waals surface area contributed by atoms with Gasteiger partial charge in [0.2, 0.25) is 5.91 Å². The Morgan fingerprint density at radius 2 is 2.28 bits per heavy atom. The summed E-state index contributed by atoms with van der Waals surface area (Å²) < 4.78 is 5.82. The van der Waals surface area contributed by atoms with E-state index in [0.29, 0.717) is 6.54 Å². The molecule has 0 spiro atoms. The number of amides is 1. The van der Waals surface area contributed by atoms with Gasteiger partial charge in [-0.05, 0) is 38.0 Å². The van der Waals surface area contributed by atoms with Crippen LogP contribution >= 0.6 is 0 Å². The van der Waals surface area contributed by atoms with Crippen LogP contribution in [0.15, 0.2) is 18.2 Å². The molecule has 98 valence electrons. The van der Waals surface area contributed by atoms with E-state index in [2.05, 4.69) is 25.2 Å². The monoisotopic (exact) mass is 248 g/mol. The fourth-order valence-corrected chi connectivity index (χ4v) is 2.14. The Hall–Kier alpha value is -1.55. The predicted molar refractivity (Wildman–Crippen MR) is 70.3 cm³/mol. The van der Waals surface area contributed by atoms with Crippen molar-refractivity contribution in [1.29, 1.82) is 0 Å². The third-order valence-corrected chi connectivity index (χ3v) is 3.17. The Morgan fingerprint density at radius 1 is 1.56 bits per heavy atom. The molecule has 0 aliphatic carbocycles. The molecular formula is C14H20N2O2. The fraction of sp³-hybridized carbons (Fsp3) is 0.500. The maximum Gasteiger partial charge on any atom is 0.234 e. The number of carbonyl (C=O) groups is 1. The van der Waals surface area contributed by atoms with Gasteiger partial charge in [0.15, 0.2) is 0 Å². The smallest absolute Gasteiger partial charge is 0.234 e. The average Bonchev–Trinajstić information content (AvgIpc) is 2.58. The zero-order chi connectivity index (χ0) is 13.3. The van der Waals surface area contributed by atoms with Gasteiger partial charge in [0.05, 0.1) is 6.04 Å². The Bertz CT molecular complexity index is 469. The molecule has 1 heterocycles. The van der Waals surface area contributed by atoms with Gasteiger partial charge in [0.25, 0.3) is 0 Å². The van der Waals surface area contributed by atoms with Crippen LogP contribution in [0.25, 0.3) is 0 Å². The minimum Gasteiger partial charge on any atom is -0.487 e. The Balaban J connectivity index is 2.03. The van der Waals surface area contributed by atoms with Crippen molar-refractivity contribution in [2.45, 2.75) is 45.4 Å². The fourth-order valence-electron chi connectivity index (χ4n) is 2.14. The van der Waals surface area contributed by atoms with Crippen molar-refractivity contribution in [2.24, 2.45) is 5.73 Å². The largest absolute Gasteiger partial charge is 0.487 e. The van der Waals surface area contributed by atoms with E-state index in [4.69, 9.17) is 10.5 Å². The van der Waals surface area contributed by atoms with Gasteiger partial charge in [-0.25, -0.2) is 0 Å². The Morgan fingerprint density at radius 3 is 2.94 bits per heavy atom. The highest BCUT2D eigenvalue weighted by molar-refractivity contribution is 5.79. The van der Waals surface area contributed by atoms with E-state index in [1.54, 1.807) is 6.92 Å². The first-order valence-corrected chi connectivity index (χ1v) is 6.21. The van der Waals surface area contributed by atoms with Gasteiger partial charge in [-0.2, -0.15) is 0 Å². The molecule has 1 unspecified atom stereocenters. The van der Waals surface area contributed by atoms with Crippen molar-refractivity contribution in [3.8, 4) is 5.75 Å². The molecule has 1 aromatic carbocycles. The first-order valence-electron chi connectivity index (χ1n) is 6.21. The number of hydrogen-bond acceptors (Lipinski definition) is 3. The number of nitrogens with two attached hydrogens (primary N) is 1. The number of hydrogen-bond donors (Lipinski definition) is 2. The highest BCUT2D eigenvalue weighted by atomic mass is 16.5. The molecule has 3 N–H and O–H groups in total. The van der Waals surface area contributed by atoms with E-state index in [9.17, 15) is 4.79 Å². The van der Waals surface area contributed by atoms with Crippen molar-refractivity contribution >= 4 is 5.91 Å². The maximum atomic E-state index is 10.9. The van der Waals surface area contributed by atoms with Gasteiger partial charge in [-0.1, -0.05) is 12.1 Å².